The van der Waals surface area contributed by atoms with Gasteiger partial charge in [0.15, 0.2) is 0 Å². The van der Waals surface area contributed by atoms with Crippen LogP contribution in [0.15, 0.2) is 0 Å². The summed E-state index contributed by atoms with van der Waals surface area (Å²) in [6.45, 7) is 25.6. The second-order valence-corrected chi connectivity index (χ2v) is 11.2. The van der Waals surface area contributed by atoms with Crippen molar-refractivity contribution in [1.82, 2.24) is 39.6 Å². The number of nitrogens with one attached hydrogen (secondary N) is 1. The third-order valence-electron chi connectivity index (χ3n) is 8.39. The number of carboxylic acids is 1. The van der Waals surface area contributed by atoms with Crippen molar-refractivity contribution in [1.29, 1.82) is 0 Å². The first kappa shape index (κ1) is 40.5. The van der Waals surface area contributed by atoms with Crippen molar-refractivity contribution in [2.45, 2.75) is 20.8 Å². The minimum atomic E-state index is -0.831. The average Bonchev–Trinajstić information content (AvgIpc) is 3.02. The lowest BCUT2D eigenvalue weighted by molar-refractivity contribution is -0.245. The molecule has 4 N–H and O–H groups in total. The molecule has 15 nitrogen and oxygen atoms in total. The van der Waals surface area contributed by atoms with Crippen LogP contribution in [-0.2, 0) is 19.4 Å². The Morgan fingerprint density at radius 2 is 0.977 bits per heavy atom. The highest BCUT2D eigenvalue weighted by Crippen LogP contribution is 2.00. The smallest absolute Gasteiger partial charge is 0.317 e. The summed E-state index contributed by atoms with van der Waals surface area (Å²) in [5.41, 5.74) is 0. The normalized spacial score (nSPS) is 21.2. The number of rotatable bonds is 12. The Hall–Kier alpha value is -1.50. The molecular weight excluding hydrogens is 572 g/mol. The molecule has 0 aromatic carbocycles. The standard InChI is InChI=1S/C15H32N4O.C14H30N4O6/c1-4-16-7-9-17(5-2)11-13-19(15-20)14-12-18(6-3)10-8-16;19-14(20)13-18-4-2-15-1-3-16(9-11-23-21)5-6-17(7-8-18)10-12-24-22/h15H,4-14H2,1-3H3;15,21-22H,1-13H2,(H,19,20). The van der Waals surface area contributed by atoms with Gasteiger partial charge in [-0.25, -0.2) is 9.78 Å². The van der Waals surface area contributed by atoms with Crippen molar-refractivity contribution in [3.05, 3.63) is 0 Å². The Balaban J connectivity index is 0.000000447. The molecule has 2 aliphatic rings. The fourth-order valence-electron chi connectivity index (χ4n) is 5.24. The van der Waals surface area contributed by atoms with E-state index in [1.54, 1.807) is 0 Å². The Labute approximate surface area is 265 Å². The lowest BCUT2D eigenvalue weighted by Gasteiger charge is -2.32. The second kappa shape index (κ2) is 26.7. The number of carboxylic acid groups (broad SMARTS) is 1. The van der Waals surface area contributed by atoms with Crippen LogP contribution >= 0.6 is 0 Å². The molecule has 1 amide bonds. The van der Waals surface area contributed by atoms with Crippen LogP contribution in [-0.4, -0.2) is 219 Å². The van der Waals surface area contributed by atoms with E-state index in [9.17, 15) is 9.59 Å². The average molecular weight is 635 g/mol. The fraction of sp³-hybridized carbons (Fsp3) is 0.931. The van der Waals surface area contributed by atoms with Gasteiger partial charge >= 0.3 is 5.97 Å². The molecule has 2 heterocycles. The van der Waals surface area contributed by atoms with Gasteiger partial charge in [-0.1, -0.05) is 20.8 Å². The van der Waals surface area contributed by atoms with Gasteiger partial charge in [0.25, 0.3) is 0 Å². The monoisotopic (exact) mass is 634 g/mol. The molecular formula is C29H62N8O7. The molecule has 0 aromatic heterocycles. The molecule has 0 bridgehead atoms. The number of likely N-dealkylation sites (N-methyl/N-ethyl adjacent to an activating group) is 3. The highest BCUT2D eigenvalue weighted by molar-refractivity contribution is 5.69. The maximum atomic E-state index is 11.1. The Kier molecular flexibility index (Phi) is 24.6. The molecule has 0 atom stereocenters. The predicted octanol–water partition coefficient (Wildman–Crippen LogP) is -1.02. The molecule has 2 saturated heterocycles. The molecule has 15 heteroatoms. The van der Waals surface area contributed by atoms with Gasteiger partial charge < -0.3 is 30.0 Å². The van der Waals surface area contributed by atoms with Crippen molar-refractivity contribution in [3.8, 4) is 0 Å². The third kappa shape index (κ3) is 19.8. The summed E-state index contributed by atoms with van der Waals surface area (Å²) in [5, 5.41) is 29.4. The summed E-state index contributed by atoms with van der Waals surface area (Å²) >= 11 is 0. The number of amides is 1. The zero-order valence-electron chi connectivity index (χ0n) is 27.7. The SMILES string of the molecule is CCN1CCN(C=O)CCN(CC)CCN(CC)CC1.O=C(O)CN1CCNCCN(CCOO)CCN(CCOO)CC1. The Bertz CT molecular complexity index is 695. The van der Waals surface area contributed by atoms with E-state index in [1.807, 2.05) is 9.80 Å². The number of nitrogens with zero attached hydrogens (tertiary/aromatic N) is 7. The highest BCUT2D eigenvalue weighted by atomic mass is 17.1. The first-order chi connectivity index (χ1) is 21.4. The van der Waals surface area contributed by atoms with Crippen molar-refractivity contribution < 1.29 is 35.0 Å². The van der Waals surface area contributed by atoms with Crippen LogP contribution in [0.25, 0.3) is 0 Å². The number of carbonyl (C=O) groups excluding carboxylic acids is 1. The van der Waals surface area contributed by atoms with E-state index in [1.165, 1.54) is 0 Å². The third-order valence-corrected chi connectivity index (χ3v) is 8.39. The van der Waals surface area contributed by atoms with E-state index >= 15 is 0 Å². The van der Waals surface area contributed by atoms with Gasteiger partial charge in [0, 0.05) is 118 Å². The van der Waals surface area contributed by atoms with Crippen LogP contribution in [0.3, 0.4) is 0 Å². The molecule has 0 aliphatic carbocycles. The van der Waals surface area contributed by atoms with Crippen molar-refractivity contribution in [2.75, 3.05) is 157 Å². The molecule has 0 spiro atoms. The van der Waals surface area contributed by atoms with Crippen LogP contribution in [0.5, 0.6) is 0 Å². The van der Waals surface area contributed by atoms with Crippen LogP contribution in [0, 0.1) is 0 Å². The fourth-order valence-corrected chi connectivity index (χ4v) is 5.24. The van der Waals surface area contributed by atoms with E-state index < -0.39 is 5.97 Å². The van der Waals surface area contributed by atoms with E-state index in [4.69, 9.17) is 15.6 Å². The number of hydrogen-bond donors (Lipinski definition) is 4. The number of hydrogen-bond acceptors (Lipinski definition) is 13. The summed E-state index contributed by atoms with van der Waals surface area (Å²) < 4.78 is 0. The summed E-state index contributed by atoms with van der Waals surface area (Å²) in [6.07, 6.45) is 1.01. The first-order valence-electron chi connectivity index (χ1n) is 16.4. The van der Waals surface area contributed by atoms with E-state index in [2.05, 4.69) is 60.4 Å². The molecule has 2 aliphatic heterocycles. The van der Waals surface area contributed by atoms with Crippen molar-refractivity contribution >= 4 is 12.4 Å². The van der Waals surface area contributed by atoms with Gasteiger partial charge in [-0.3, -0.25) is 34.8 Å². The number of aliphatic carboxylic acids is 1. The largest absolute Gasteiger partial charge is 0.480 e. The van der Waals surface area contributed by atoms with Gasteiger partial charge in [0.2, 0.25) is 6.41 Å². The maximum Gasteiger partial charge on any atom is 0.317 e. The van der Waals surface area contributed by atoms with Gasteiger partial charge in [0.1, 0.15) is 0 Å². The lowest BCUT2D eigenvalue weighted by atomic mass is 10.3. The minimum absolute atomic E-state index is 0.0198. The molecule has 2 rings (SSSR count). The number of carbonyl (C=O) groups is 2. The summed E-state index contributed by atoms with van der Waals surface area (Å²) in [7, 11) is 0. The minimum Gasteiger partial charge on any atom is -0.480 e. The van der Waals surface area contributed by atoms with E-state index in [0.717, 1.165) is 111 Å². The molecule has 0 unspecified atom stereocenters. The van der Waals surface area contributed by atoms with E-state index in [0.29, 0.717) is 32.7 Å². The molecule has 0 aromatic rings. The van der Waals surface area contributed by atoms with Crippen molar-refractivity contribution in [3.63, 3.8) is 0 Å². The van der Waals surface area contributed by atoms with Crippen LogP contribution < -0.4 is 5.32 Å². The van der Waals surface area contributed by atoms with Gasteiger partial charge in [-0.15, -0.1) is 0 Å². The van der Waals surface area contributed by atoms with E-state index in [-0.39, 0.29) is 19.8 Å². The van der Waals surface area contributed by atoms with Gasteiger partial charge in [0.05, 0.1) is 19.8 Å². The Morgan fingerprint density at radius 1 is 0.614 bits per heavy atom. The van der Waals surface area contributed by atoms with Crippen LogP contribution in [0.2, 0.25) is 0 Å². The first-order valence-corrected chi connectivity index (χ1v) is 16.4. The zero-order valence-corrected chi connectivity index (χ0v) is 27.7. The molecule has 2 fully saturated rings. The topological polar surface area (TPSA) is 148 Å². The van der Waals surface area contributed by atoms with Crippen molar-refractivity contribution in [2.24, 2.45) is 0 Å². The second-order valence-electron chi connectivity index (χ2n) is 11.2. The summed E-state index contributed by atoms with van der Waals surface area (Å²) in [5.74, 6) is -0.831. The van der Waals surface area contributed by atoms with Crippen LogP contribution in [0.4, 0.5) is 0 Å². The van der Waals surface area contributed by atoms with Gasteiger partial charge in [-0.05, 0) is 19.6 Å². The zero-order chi connectivity index (χ0) is 32.4. The molecule has 0 saturated carbocycles. The molecule has 260 valence electrons. The summed E-state index contributed by atoms with van der Waals surface area (Å²) in [4.78, 5) is 46.0. The van der Waals surface area contributed by atoms with Gasteiger partial charge in [-0.2, -0.15) is 0 Å². The molecule has 0 radical (unpaired) electrons. The predicted molar refractivity (Wildman–Crippen MR) is 171 cm³/mol. The highest BCUT2D eigenvalue weighted by Gasteiger charge is 2.16. The molecule has 44 heavy (non-hydrogen) atoms. The maximum absolute atomic E-state index is 11.1. The quantitative estimate of drug-likeness (QED) is 0.118. The lowest BCUT2D eigenvalue weighted by Crippen LogP contribution is -2.46. The van der Waals surface area contributed by atoms with Crippen LogP contribution in [0.1, 0.15) is 20.8 Å². The Morgan fingerprint density at radius 3 is 1.36 bits per heavy atom. The summed E-state index contributed by atoms with van der Waals surface area (Å²) in [6, 6.07) is 0.